The molecule has 1 aliphatic heterocycles. The zero-order chi connectivity index (χ0) is 22.2. The van der Waals surface area contributed by atoms with Gasteiger partial charge in [-0.15, -0.1) is 0 Å². The minimum Gasteiger partial charge on any atom is -0.278 e. The van der Waals surface area contributed by atoms with Gasteiger partial charge >= 0.3 is 0 Å². The Bertz CT molecular complexity index is 1070. The summed E-state index contributed by atoms with van der Waals surface area (Å²) >= 11 is 0. The number of nitrogens with zero attached hydrogens (tertiary/aromatic N) is 2. The Morgan fingerprint density at radius 3 is 2.16 bits per heavy atom. The van der Waals surface area contributed by atoms with Crippen molar-refractivity contribution in [1.29, 1.82) is 0 Å². The minimum absolute atomic E-state index is 0.110. The van der Waals surface area contributed by atoms with Gasteiger partial charge in [0.1, 0.15) is 0 Å². The average Bonchev–Trinajstić information content (AvgIpc) is 3.00. The van der Waals surface area contributed by atoms with Crippen molar-refractivity contribution in [3.05, 3.63) is 65.2 Å². The Hall–Kier alpha value is -2.51. The van der Waals surface area contributed by atoms with E-state index in [9.17, 15) is 18.0 Å². The van der Waals surface area contributed by atoms with Crippen LogP contribution in [0.4, 0.5) is 0 Å². The number of fused-ring (bicyclic) bond motifs is 1. The summed E-state index contributed by atoms with van der Waals surface area (Å²) in [7, 11) is -2.16. The molecule has 2 aliphatic rings. The lowest BCUT2D eigenvalue weighted by Crippen LogP contribution is -2.31. The summed E-state index contributed by atoms with van der Waals surface area (Å²) < 4.78 is 27.8. The van der Waals surface area contributed by atoms with Crippen LogP contribution in [0.5, 0.6) is 0 Å². The molecule has 0 N–H and O–H groups in total. The fourth-order valence-electron chi connectivity index (χ4n) is 4.68. The van der Waals surface area contributed by atoms with E-state index in [0.717, 1.165) is 31.2 Å². The Morgan fingerprint density at radius 1 is 0.935 bits per heavy atom. The molecule has 31 heavy (non-hydrogen) atoms. The van der Waals surface area contributed by atoms with Gasteiger partial charge < -0.3 is 0 Å². The lowest BCUT2D eigenvalue weighted by Gasteiger charge is -2.20. The summed E-state index contributed by atoms with van der Waals surface area (Å²) in [5.74, 6) is -0.624. The maximum absolute atomic E-state index is 13.3. The summed E-state index contributed by atoms with van der Waals surface area (Å²) in [6.45, 7) is 2.14. The molecule has 7 heteroatoms. The van der Waals surface area contributed by atoms with Gasteiger partial charge in [-0.05, 0) is 42.5 Å². The minimum atomic E-state index is -3.73. The molecule has 2 amide bonds. The fourth-order valence-corrected chi connectivity index (χ4v) is 6.11. The van der Waals surface area contributed by atoms with Crippen LogP contribution in [-0.4, -0.2) is 36.5 Å². The van der Waals surface area contributed by atoms with Crippen LogP contribution in [0.3, 0.4) is 0 Å². The first-order valence-corrected chi connectivity index (χ1v) is 12.2. The van der Waals surface area contributed by atoms with E-state index >= 15 is 0 Å². The highest BCUT2D eigenvalue weighted by Crippen LogP contribution is 2.38. The molecule has 2 aromatic rings. The van der Waals surface area contributed by atoms with Gasteiger partial charge in [-0.2, -0.15) is 4.31 Å². The second kappa shape index (κ2) is 8.55. The monoisotopic (exact) mass is 440 g/mol. The Morgan fingerprint density at radius 2 is 1.55 bits per heavy atom. The van der Waals surface area contributed by atoms with Crippen LogP contribution < -0.4 is 0 Å². The summed E-state index contributed by atoms with van der Waals surface area (Å²) in [5, 5.41) is 0. The summed E-state index contributed by atoms with van der Waals surface area (Å²) in [6.07, 6.45) is 3.50. The molecule has 1 saturated heterocycles. The first-order valence-electron chi connectivity index (χ1n) is 10.7. The number of aryl methyl sites for hydroxylation is 1. The average molecular weight is 441 g/mol. The number of imide groups is 1. The molecular formula is C24H28N2O4S. The topological polar surface area (TPSA) is 74.8 Å². The van der Waals surface area contributed by atoms with Gasteiger partial charge in [0.25, 0.3) is 0 Å². The van der Waals surface area contributed by atoms with Gasteiger partial charge in [0.05, 0.1) is 23.3 Å². The van der Waals surface area contributed by atoms with E-state index in [1.54, 1.807) is 32.2 Å². The maximum Gasteiger partial charge on any atom is 0.243 e. The number of carbonyl (C=O) groups is 2. The third kappa shape index (κ3) is 4.16. The number of amides is 2. The van der Waals surface area contributed by atoms with E-state index in [1.807, 2.05) is 30.3 Å². The molecule has 0 spiro atoms. The van der Waals surface area contributed by atoms with E-state index < -0.39 is 10.0 Å². The molecule has 2 fully saturated rings. The van der Waals surface area contributed by atoms with Crippen molar-refractivity contribution in [2.24, 2.45) is 11.8 Å². The highest BCUT2D eigenvalue weighted by atomic mass is 32.2. The van der Waals surface area contributed by atoms with Crippen molar-refractivity contribution in [2.75, 3.05) is 7.05 Å². The molecule has 2 aromatic carbocycles. The molecule has 4 rings (SSSR count). The third-order valence-corrected chi connectivity index (χ3v) is 8.41. The molecule has 0 aromatic heterocycles. The van der Waals surface area contributed by atoms with Crippen molar-refractivity contribution in [3.8, 4) is 0 Å². The SMILES string of the molecule is Cc1ccc(CN2C(=O)[C@H]3CCCC[C@H]3C2=O)cc1S(=O)(=O)N(C)Cc1ccccc1. The predicted molar refractivity (Wildman–Crippen MR) is 117 cm³/mol. The Labute approximate surface area is 183 Å². The van der Waals surface area contributed by atoms with Crippen LogP contribution >= 0.6 is 0 Å². The Kier molecular flexibility index (Phi) is 5.99. The molecule has 1 aliphatic carbocycles. The predicted octanol–water partition coefficient (Wildman–Crippen LogP) is 3.49. The maximum atomic E-state index is 13.3. The van der Waals surface area contributed by atoms with Crippen LogP contribution in [0.15, 0.2) is 53.4 Å². The van der Waals surface area contributed by atoms with Crippen LogP contribution in [0.25, 0.3) is 0 Å². The van der Waals surface area contributed by atoms with Crippen molar-refractivity contribution in [3.63, 3.8) is 0 Å². The first-order chi connectivity index (χ1) is 14.8. The van der Waals surface area contributed by atoms with E-state index in [2.05, 4.69) is 0 Å². The van der Waals surface area contributed by atoms with E-state index in [4.69, 9.17) is 0 Å². The smallest absolute Gasteiger partial charge is 0.243 e. The van der Waals surface area contributed by atoms with Crippen LogP contribution in [0.2, 0.25) is 0 Å². The summed E-state index contributed by atoms with van der Waals surface area (Å²) in [4.78, 5) is 27.1. The molecule has 1 saturated carbocycles. The standard InChI is InChI=1S/C24H28N2O4S/c1-17-12-13-19(16-26-23(27)20-10-6-7-11-21(20)24(26)28)14-22(17)31(29,30)25(2)15-18-8-4-3-5-9-18/h3-5,8-9,12-14,20-21H,6-7,10-11,15-16H2,1-2H3/t20-,21+. The lowest BCUT2D eigenvalue weighted by molar-refractivity contribution is -0.140. The molecular weight excluding hydrogens is 412 g/mol. The van der Waals surface area contributed by atoms with Crippen molar-refractivity contribution < 1.29 is 18.0 Å². The second-order valence-electron chi connectivity index (χ2n) is 8.61. The van der Waals surface area contributed by atoms with Crippen LogP contribution in [0.1, 0.15) is 42.4 Å². The summed E-state index contributed by atoms with van der Waals surface area (Å²) in [5.41, 5.74) is 2.19. The second-order valence-corrected chi connectivity index (χ2v) is 10.6. The number of likely N-dealkylation sites (tertiary alicyclic amines) is 1. The number of sulfonamides is 1. The van der Waals surface area contributed by atoms with E-state index in [1.165, 1.54) is 9.21 Å². The van der Waals surface area contributed by atoms with Crippen LogP contribution in [-0.2, 0) is 32.7 Å². The van der Waals surface area contributed by atoms with Gasteiger partial charge in [-0.25, -0.2) is 8.42 Å². The quantitative estimate of drug-likeness (QED) is 0.645. The number of carbonyl (C=O) groups excluding carboxylic acids is 2. The van der Waals surface area contributed by atoms with E-state index in [-0.39, 0.29) is 41.6 Å². The van der Waals surface area contributed by atoms with Crippen molar-refractivity contribution in [1.82, 2.24) is 9.21 Å². The Balaban J connectivity index is 1.57. The van der Waals surface area contributed by atoms with Gasteiger partial charge in [-0.1, -0.05) is 55.3 Å². The molecule has 0 unspecified atom stereocenters. The third-order valence-electron chi connectivity index (χ3n) is 6.46. The van der Waals surface area contributed by atoms with Gasteiger partial charge in [0.2, 0.25) is 21.8 Å². The molecule has 6 nitrogen and oxygen atoms in total. The van der Waals surface area contributed by atoms with Crippen molar-refractivity contribution in [2.45, 2.75) is 50.6 Å². The lowest BCUT2D eigenvalue weighted by atomic mass is 9.81. The zero-order valence-corrected chi connectivity index (χ0v) is 18.8. The number of hydrogen-bond donors (Lipinski definition) is 0. The number of rotatable bonds is 6. The highest BCUT2D eigenvalue weighted by Gasteiger charge is 2.47. The van der Waals surface area contributed by atoms with Gasteiger partial charge in [-0.3, -0.25) is 14.5 Å². The fraction of sp³-hybridized carbons (Fsp3) is 0.417. The van der Waals surface area contributed by atoms with Gasteiger partial charge in [0, 0.05) is 13.6 Å². The highest BCUT2D eigenvalue weighted by molar-refractivity contribution is 7.89. The van der Waals surface area contributed by atoms with Crippen LogP contribution in [0, 0.1) is 18.8 Å². The first kappa shape index (κ1) is 21.7. The molecule has 0 radical (unpaired) electrons. The largest absolute Gasteiger partial charge is 0.278 e. The number of hydrogen-bond acceptors (Lipinski definition) is 4. The summed E-state index contributed by atoms with van der Waals surface area (Å²) in [6, 6.07) is 14.6. The molecule has 2 atom stereocenters. The normalized spacial score (nSPS) is 21.6. The number of benzene rings is 2. The van der Waals surface area contributed by atoms with Crippen molar-refractivity contribution >= 4 is 21.8 Å². The molecule has 1 heterocycles. The van der Waals surface area contributed by atoms with Gasteiger partial charge in [0.15, 0.2) is 0 Å². The van der Waals surface area contributed by atoms with E-state index in [0.29, 0.717) is 11.1 Å². The molecule has 0 bridgehead atoms. The molecule has 164 valence electrons. The zero-order valence-electron chi connectivity index (χ0n) is 18.0.